The van der Waals surface area contributed by atoms with Crippen molar-refractivity contribution >= 4 is 0 Å². The van der Waals surface area contributed by atoms with E-state index < -0.39 is 0 Å². The number of hydrogen-bond acceptors (Lipinski definition) is 2. The lowest BCUT2D eigenvalue weighted by Gasteiger charge is -2.31. The minimum Gasteiger partial charge on any atom is -0.496 e. The molecule has 1 aliphatic heterocycles. The molecule has 2 heteroatoms. The fraction of sp³-hybridized carbons (Fsp3) is 0.538. The molecule has 1 heterocycles. The number of methoxy groups -OCH3 is 1. The first-order valence-electron chi connectivity index (χ1n) is 5.56. The lowest BCUT2D eigenvalue weighted by molar-refractivity contribution is 0.381. The summed E-state index contributed by atoms with van der Waals surface area (Å²) in [6.45, 7) is 6.62. The summed E-state index contributed by atoms with van der Waals surface area (Å²) in [5.41, 5.74) is 4.19. The molecule has 0 aliphatic carbocycles. The quantitative estimate of drug-likeness (QED) is 0.761. The van der Waals surface area contributed by atoms with Crippen molar-refractivity contribution in [2.24, 2.45) is 0 Å². The van der Waals surface area contributed by atoms with Crippen LogP contribution in [0.3, 0.4) is 0 Å². The van der Waals surface area contributed by atoms with Crippen molar-refractivity contribution in [1.29, 1.82) is 0 Å². The number of fused-ring (bicyclic) bond motifs is 1. The highest BCUT2D eigenvalue weighted by Crippen LogP contribution is 2.34. The van der Waals surface area contributed by atoms with Crippen molar-refractivity contribution in [2.75, 3.05) is 7.11 Å². The van der Waals surface area contributed by atoms with E-state index in [9.17, 15) is 0 Å². The molecule has 0 bridgehead atoms. The first-order valence-corrected chi connectivity index (χ1v) is 5.56. The van der Waals surface area contributed by atoms with Crippen molar-refractivity contribution in [3.8, 4) is 5.75 Å². The van der Waals surface area contributed by atoms with Crippen LogP contribution in [0, 0.1) is 6.92 Å². The van der Waals surface area contributed by atoms with Crippen molar-refractivity contribution in [1.82, 2.24) is 5.32 Å². The highest BCUT2D eigenvalue weighted by Gasteiger charge is 2.24. The van der Waals surface area contributed by atoms with Gasteiger partial charge in [-0.2, -0.15) is 0 Å². The highest BCUT2D eigenvalue weighted by atomic mass is 16.5. The Balaban J connectivity index is 2.56. The fourth-order valence-corrected chi connectivity index (χ4v) is 2.55. The van der Waals surface area contributed by atoms with E-state index in [0.717, 1.165) is 12.2 Å². The summed E-state index contributed by atoms with van der Waals surface area (Å²) in [6, 6.07) is 5.17. The van der Waals surface area contributed by atoms with Crippen molar-refractivity contribution in [3.63, 3.8) is 0 Å². The van der Waals surface area contributed by atoms with Gasteiger partial charge in [0.05, 0.1) is 7.11 Å². The van der Waals surface area contributed by atoms with Gasteiger partial charge in [-0.1, -0.05) is 6.07 Å². The smallest absolute Gasteiger partial charge is 0.123 e. The summed E-state index contributed by atoms with van der Waals surface area (Å²) in [4.78, 5) is 0. The Morgan fingerprint density at radius 1 is 1.33 bits per heavy atom. The van der Waals surface area contributed by atoms with Gasteiger partial charge in [-0.15, -0.1) is 0 Å². The number of ether oxygens (including phenoxy) is 1. The normalized spacial score (nSPS) is 24.8. The van der Waals surface area contributed by atoms with Crippen LogP contribution in [-0.2, 0) is 6.42 Å². The summed E-state index contributed by atoms with van der Waals surface area (Å²) in [5, 5.41) is 3.56. The van der Waals surface area contributed by atoms with E-state index in [1.54, 1.807) is 7.11 Å². The molecule has 2 unspecified atom stereocenters. The molecule has 2 nitrogen and oxygen atoms in total. The monoisotopic (exact) mass is 205 g/mol. The lowest BCUT2D eigenvalue weighted by Crippen LogP contribution is -2.36. The van der Waals surface area contributed by atoms with Crippen LogP contribution in [0.2, 0.25) is 0 Å². The molecule has 15 heavy (non-hydrogen) atoms. The third-order valence-corrected chi connectivity index (χ3v) is 3.25. The molecule has 2 rings (SSSR count). The average Bonchev–Trinajstić information content (AvgIpc) is 2.19. The van der Waals surface area contributed by atoms with E-state index >= 15 is 0 Å². The predicted octanol–water partition coefficient (Wildman–Crippen LogP) is 2.60. The fourth-order valence-electron chi connectivity index (χ4n) is 2.55. The second-order valence-corrected chi connectivity index (χ2v) is 4.47. The maximum atomic E-state index is 5.43. The van der Waals surface area contributed by atoms with E-state index in [-0.39, 0.29) is 0 Å². The van der Waals surface area contributed by atoms with Crippen molar-refractivity contribution in [2.45, 2.75) is 39.3 Å². The molecule has 0 saturated carbocycles. The Morgan fingerprint density at radius 3 is 2.73 bits per heavy atom. The van der Waals surface area contributed by atoms with Crippen LogP contribution in [0.4, 0.5) is 0 Å². The van der Waals surface area contributed by atoms with E-state index in [0.29, 0.717) is 12.1 Å². The van der Waals surface area contributed by atoms with Gasteiger partial charge in [0.15, 0.2) is 0 Å². The molecule has 0 spiro atoms. The number of benzene rings is 1. The minimum atomic E-state index is 0.388. The molecule has 0 amide bonds. The molecule has 1 aliphatic rings. The first-order chi connectivity index (χ1) is 7.13. The number of rotatable bonds is 1. The van der Waals surface area contributed by atoms with E-state index in [2.05, 4.69) is 38.2 Å². The van der Waals surface area contributed by atoms with Crippen LogP contribution >= 0.6 is 0 Å². The topological polar surface area (TPSA) is 21.3 Å². The van der Waals surface area contributed by atoms with Gasteiger partial charge in [0, 0.05) is 17.6 Å². The molecule has 82 valence electrons. The summed E-state index contributed by atoms with van der Waals surface area (Å²) in [6.07, 6.45) is 1.10. The Hall–Kier alpha value is -1.02. The van der Waals surface area contributed by atoms with Gasteiger partial charge in [-0.25, -0.2) is 0 Å². The van der Waals surface area contributed by atoms with Gasteiger partial charge in [0.25, 0.3) is 0 Å². The Morgan fingerprint density at radius 2 is 2.07 bits per heavy atom. The maximum Gasteiger partial charge on any atom is 0.123 e. The zero-order valence-electron chi connectivity index (χ0n) is 9.92. The van der Waals surface area contributed by atoms with Crippen LogP contribution in [0.1, 0.15) is 36.6 Å². The van der Waals surface area contributed by atoms with Gasteiger partial charge in [-0.3, -0.25) is 0 Å². The number of hydrogen-bond donors (Lipinski definition) is 1. The molecule has 2 atom stereocenters. The Labute approximate surface area is 91.6 Å². The minimum absolute atomic E-state index is 0.388. The molecule has 0 aromatic heterocycles. The van der Waals surface area contributed by atoms with E-state index in [1.807, 2.05) is 0 Å². The van der Waals surface area contributed by atoms with Crippen LogP contribution in [-0.4, -0.2) is 13.2 Å². The molecular formula is C13H19NO. The van der Waals surface area contributed by atoms with Crippen molar-refractivity contribution in [3.05, 3.63) is 28.8 Å². The zero-order valence-corrected chi connectivity index (χ0v) is 9.92. The second-order valence-electron chi connectivity index (χ2n) is 4.47. The standard InChI is InChI=1S/C13H19NO/c1-8-5-6-12(15-4)13-10(3)14-9(2)7-11(8)13/h5-6,9-10,14H,7H2,1-4H3. The first kappa shape index (κ1) is 10.5. The van der Waals surface area contributed by atoms with Gasteiger partial charge >= 0.3 is 0 Å². The number of nitrogens with one attached hydrogen (secondary N) is 1. The molecule has 0 radical (unpaired) electrons. The van der Waals surface area contributed by atoms with Gasteiger partial charge in [0.1, 0.15) is 5.75 Å². The average molecular weight is 205 g/mol. The third kappa shape index (κ3) is 1.74. The number of aryl methyl sites for hydroxylation is 1. The van der Waals surface area contributed by atoms with Crippen molar-refractivity contribution < 1.29 is 4.74 Å². The molecule has 1 N–H and O–H groups in total. The Kier molecular flexibility index (Phi) is 2.70. The summed E-state index contributed by atoms with van der Waals surface area (Å²) in [5.74, 6) is 1.02. The van der Waals surface area contributed by atoms with Gasteiger partial charge < -0.3 is 10.1 Å². The molecule has 0 fully saturated rings. The molecule has 1 aromatic carbocycles. The lowest BCUT2D eigenvalue weighted by atomic mass is 9.88. The second kappa shape index (κ2) is 3.86. The largest absolute Gasteiger partial charge is 0.496 e. The molecule has 1 aromatic rings. The SMILES string of the molecule is COc1ccc(C)c2c1C(C)NC(C)C2. The van der Waals surface area contributed by atoms with Gasteiger partial charge in [-0.05, 0) is 44.4 Å². The Bertz CT molecular complexity index is 373. The zero-order chi connectivity index (χ0) is 11.0. The summed E-state index contributed by atoms with van der Waals surface area (Å²) < 4.78 is 5.43. The predicted molar refractivity (Wildman–Crippen MR) is 62.4 cm³/mol. The maximum absolute atomic E-state index is 5.43. The summed E-state index contributed by atoms with van der Waals surface area (Å²) in [7, 11) is 1.75. The highest BCUT2D eigenvalue weighted by molar-refractivity contribution is 5.48. The van der Waals surface area contributed by atoms with Gasteiger partial charge in [0.2, 0.25) is 0 Å². The van der Waals surface area contributed by atoms with E-state index in [4.69, 9.17) is 4.74 Å². The van der Waals surface area contributed by atoms with Crippen LogP contribution in [0.15, 0.2) is 12.1 Å². The van der Waals surface area contributed by atoms with Crippen LogP contribution in [0.25, 0.3) is 0 Å². The molecular weight excluding hydrogens is 186 g/mol. The summed E-state index contributed by atoms with van der Waals surface area (Å²) >= 11 is 0. The third-order valence-electron chi connectivity index (χ3n) is 3.25. The molecule has 0 saturated heterocycles. The van der Waals surface area contributed by atoms with E-state index in [1.165, 1.54) is 16.7 Å². The van der Waals surface area contributed by atoms with Crippen LogP contribution < -0.4 is 10.1 Å². The van der Waals surface area contributed by atoms with Crippen LogP contribution in [0.5, 0.6) is 5.75 Å².